The molecule has 2 atom stereocenters. The van der Waals surface area contributed by atoms with Gasteiger partial charge in [-0.3, -0.25) is 14.6 Å². The van der Waals surface area contributed by atoms with Crippen LogP contribution in [-0.4, -0.2) is 33.7 Å². The highest BCUT2D eigenvalue weighted by molar-refractivity contribution is 7.14. The van der Waals surface area contributed by atoms with E-state index in [4.69, 9.17) is 23.2 Å². The Labute approximate surface area is 181 Å². The first-order valence-electron chi connectivity index (χ1n) is 8.80. The van der Waals surface area contributed by atoms with Crippen LogP contribution < -0.4 is 10.7 Å². The summed E-state index contributed by atoms with van der Waals surface area (Å²) in [5.41, 5.74) is 5.42. The monoisotopic (exact) mass is 446 g/mol. The number of thiazole rings is 1. The van der Waals surface area contributed by atoms with Gasteiger partial charge in [-0.2, -0.15) is 0 Å². The highest BCUT2D eigenvalue weighted by Gasteiger charge is 2.47. The fourth-order valence-electron chi connectivity index (χ4n) is 3.03. The maximum atomic E-state index is 12.3. The Kier molecular flexibility index (Phi) is 5.82. The van der Waals surface area contributed by atoms with Crippen LogP contribution in [0, 0.1) is 0 Å². The van der Waals surface area contributed by atoms with E-state index >= 15 is 0 Å². The van der Waals surface area contributed by atoms with Gasteiger partial charge in [0.05, 0.1) is 18.3 Å². The molecule has 2 amide bonds. The summed E-state index contributed by atoms with van der Waals surface area (Å²) in [7, 11) is 0. The smallest absolute Gasteiger partial charge is 0.257 e. The molecule has 0 bridgehead atoms. The van der Waals surface area contributed by atoms with Gasteiger partial charge in [-0.25, -0.2) is 10.4 Å². The number of carbonyl (C=O) groups is 2. The molecule has 1 saturated heterocycles. The minimum absolute atomic E-state index is 0.0906. The lowest BCUT2D eigenvalue weighted by atomic mass is 9.95. The van der Waals surface area contributed by atoms with Crippen LogP contribution in [0.15, 0.2) is 60.0 Å². The van der Waals surface area contributed by atoms with Crippen LogP contribution in [0.1, 0.15) is 11.6 Å². The number of aromatic nitrogens is 1. The number of anilines is 1. The summed E-state index contributed by atoms with van der Waals surface area (Å²) in [6, 6.07) is 16.5. The summed E-state index contributed by atoms with van der Waals surface area (Å²) in [5.74, 6) is -0.598. The Morgan fingerprint density at radius 2 is 1.97 bits per heavy atom. The van der Waals surface area contributed by atoms with E-state index in [1.54, 1.807) is 18.2 Å². The summed E-state index contributed by atoms with van der Waals surface area (Å²) in [6.07, 6.45) is 0. The van der Waals surface area contributed by atoms with Crippen molar-refractivity contribution in [3.8, 4) is 11.3 Å². The van der Waals surface area contributed by atoms with Gasteiger partial charge in [-0.05, 0) is 17.7 Å². The van der Waals surface area contributed by atoms with Gasteiger partial charge in [0.2, 0.25) is 5.91 Å². The first-order valence-corrected chi connectivity index (χ1v) is 10.5. The molecule has 2 unspecified atom stereocenters. The largest absolute Gasteiger partial charge is 0.301 e. The van der Waals surface area contributed by atoms with Crippen molar-refractivity contribution in [3.05, 3.63) is 70.6 Å². The second-order valence-corrected chi connectivity index (χ2v) is 8.16. The highest BCUT2D eigenvalue weighted by Crippen LogP contribution is 2.37. The third kappa shape index (κ3) is 4.28. The zero-order valence-electron chi connectivity index (χ0n) is 15.0. The number of carbonyl (C=O) groups excluding carboxylic acids is 2. The number of amides is 2. The van der Waals surface area contributed by atoms with Crippen LogP contribution >= 0.6 is 34.5 Å². The van der Waals surface area contributed by atoms with Crippen molar-refractivity contribution in [2.75, 3.05) is 11.9 Å². The maximum Gasteiger partial charge on any atom is 0.257 e. The molecule has 29 heavy (non-hydrogen) atoms. The predicted octanol–water partition coefficient (Wildman–Crippen LogP) is 4.10. The van der Waals surface area contributed by atoms with E-state index in [9.17, 15) is 9.59 Å². The van der Waals surface area contributed by atoms with E-state index in [1.807, 2.05) is 41.8 Å². The van der Waals surface area contributed by atoms with Gasteiger partial charge in [0, 0.05) is 16.0 Å². The van der Waals surface area contributed by atoms with Crippen LogP contribution in [-0.2, 0) is 9.59 Å². The van der Waals surface area contributed by atoms with Gasteiger partial charge in [-0.1, -0.05) is 54.1 Å². The van der Waals surface area contributed by atoms with Crippen LogP contribution in [0.4, 0.5) is 5.13 Å². The lowest BCUT2D eigenvalue weighted by molar-refractivity contribution is -0.151. The standard InChI is InChI=1S/C20H16Cl2N4O2S/c21-14-8-4-7-13(9-14)18-17(22)19(28)26(18)23-10-16(27)25-20-24-15(11-29-20)12-5-2-1-3-6-12/h1-9,11,17-18,23H,10H2,(H,24,25,27). The van der Waals surface area contributed by atoms with Crippen molar-refractivity contribution in [1.82, 2.24) is 15.4 Å². The molecule has 148 valence electrons. The van der Waals surface area contributed by atoms with Gasteiger partial charge in [0.15, 0.2) is 5.13 Å². The van der Waals surface area contributed by atoms with Crippen molar-refractivity contribution >= 4 is 51.5 Å². The van der Waals surface area contributed by atoms with Crippen molar-refractivity contribution in [1.29, 1.82) is 0 Å². The summed E-state index contributed by atoms with van der Waals surface area (Å²) in [6.45, 7) is -0.0906. The Bertz CT molecular complexity index is 1040. The topological polar surface area (TPSA) is 74.3 Å². The van der Waals surface area contributed by atoms with Crippen LogP contribution in [0.25, 0.3) is 11.3 Å². The summed E-state index contributed by atoms with van der Waals surface area (Å²) in [4.78, 5) is 28.8. The quantitative estimate of drug-likeness (QED) is 0.441. The Morgan fingerprint density at radius 3 is 2.72 bits per heavy atom. The molecule has 1 aliphatic heterocycles. The summed E-state index contributed by atoms with van der Waals surface area (Å²) < 4.78 is 0. The molecule has 0 saturated carbocycles. The zero-order valence-corrected chi connectivity index (χ0v) is 17.3. The number of rotatable bonds is 6. The molecule has 0 radical (unpaired) electrons. The number of benzene rings is 2. The van der Waals surface area contributed by atoms with Gasteiger partial charge < -0.3 is 5.32 Å². The molecule has 1 fully saturated rings. The number of hydrogen-bond donors (Lipinski definition) is 2. The number of halogens is 2. The third-order valence-electron chi connectivity index (χ3n) is 4.45. The van der Waals surface area contributed by atoms with E-state index in [0.29, 0.717) is 10.2 Å². The minimum atomic E-state index is -0.698. The van der Waals surface area contributed by atoms with Crippen molar-refractivity contribution in [2.24, 2.45) is 0 Å². The van der Waals surface area contributed by atoms with Crippen LogP contribution in [0.5, 0.6) is 0 Å². The van der Waals surface area contributed by atoms with Crippen LogP contribution in [0.3, 0.4) is 0 Å². The normalized spacial score (nSPS) is 18.4. The molecule has 6 nitrogen and oxygen atoms in total. The van der Waals surface area contributed by atoms with E-state index < -0.39 is 5.38 Å². The number of hydrogen-bond acceptors (Lipinski definition) is 5. The highest BCUT2D eigenvalue weighted by atomic mass is 35.5. The van der Waals surface area contributed by atoms with Crippen LogP contribution in [0.2, 0.25) is 5.02 Å². The molecule has 2 aromatic carbocycles. The van der Waals surface area contributed by atoms with Gasteiger partial charge in [0.1, 0.15) is 5.38 Å². The molecule has 0 spiro atoms. The number of alkyl halides is 1. The minimum Gasteiger partial charge on any atom is -0.301 e. The Hall–Kier alpha value is -2.45. The molecule has 4 rings (SSSR count). The molecule has 2 heterocycles. The lowest BCUT2D eigenvalue weighted by Crippen LogP contribution is -2.62. The van der Waals surface area contributed by atoms with E-state index in [-0.39, 0.29) is 24.4 Å². The Morgan fingerprint density at radius 1 is 1.17 bits per heavy atom. The molecular formula is C20H16Cl2N4O2S. The second kappa shape index (κ2) is 8.51. The third-order valence-corrected chi connectivity index (χ3v) is 5.87. The fraction of sp³-hybridized carbons (Fsp3) is 0.150. The van der Waals surface area contributed by atoms with Crippen molar-refractivity contribution < 1.29 is 9.59 Å². The van der Waals surface area contributed by atoms with Crippen molar-refractivity contribution in [3.63, 3.8) is 0 Å². The van der Waals surface area contributed by atoms with Crippen molar-refractivity contribution in [2.45, 2.75) is 11.4 Å². The van der Waals surface area contributed by atoms with E-state index in [2.05, 4.69) is 15.7 Å². The summed E-state index contributed by atoms with van der Waals surface area (Å²) >= 11 is 13.5. The summed E-state index contributed by atoms with van der Waals surface area (Å²) in [5, 5.41) is 6.33. The number of nitrogens with one attached hydrogen (secondary N) is 2. The average molecular weight is 447 g/mol. The molecule has 2 N–H and O–H groups in total. The fourth-order valence-corrected chi connectivity index (χ4v) is 4.33. The molecule has 0 aliphatic carbocycles. The first-order chi connectivity index (χ1) is 14.0. The number of hydrazine groups is 1. The van der Waals surface area contributed by atoms with E-state index in [1.165, 1.54) is 16.3 Å². The number of nitrogens with zero attached hydrogens (tertiary/aromatic N) is 2. The SMILES string of the molecule is O=C(CNN1C(=O)C(Cl)C1c1cccc(Cl)c1)Nc1nc(-c2ccccc2)cs1. The van der Waals surface area contributed by atoms with Gasteiger partial charge in [0.25, 0.3) is 5.91 Å². The van der Waals surface area contributed by atoms with E-state index in [0.717, 1.165) is 16.8 Å². The second-order valence-electron chi connectivity index (χ2n) is 6.40. The van der Waals surface area contributed by atoms with Gasteiger partial charge in [-0.15, -0.1) is 22.9 Å². The van der Waals surface area contributed by atoms with Gasteiger partial charge >= 0.3 is 0 Å². The molecular weight excluding hydrogens is 431 g/mol. The molecule has 1 aliphatic rings. The first kappa shape index (κ1) is 19.8. The molecule has 9 heteroatoms. The maximum absolute atomic E-state index is 12.3. The lowest BCUT2D eigenvalue weighted by Gasteiger charge is -2.44. The predicted molar refractivity (Wildman–Crippen MR) is 115 cm³/mol. The average Bonchev–Trinajstić information content (AvgIpc) is 3.19. The number of β-lactam (4-membered cyclic amide) rings is 1. The molecule has 3 aromatic rings. The Balaban J connectivity index is 1.36. The zero-order chi connectivity index (χ0) is 20.4. The molecule has 1 aromatic heterocycles.